The van der Waals surface area contributed by atoms with Crippen LogP contribution < -0.4 is 5.32 Å². The average molecular weight is 291 g/mol. The highest BCUT2D eigenvalue weighted by Gasteiger charge is 2.19. The smallest absolute Gasteiger partial charge is 0.255 e. The number of phenolic OH excluding ortho intramolecular Hbond substituents is 1. The summed E-state index contributed by atoms with van der Waals surface area (Å²) in [7, 11) is 0. The van der Waals surface area contributed by atoms with Crippen molar-refractivity contribution in [2.24, 2.45) is 5.41 Å². The molecule has 0 spiro atoms. The van der Waals surface area contributed by atoms with Crippen LogP contribution in [0.1, 0.15) is 56.0 Å². The van der Waals surface area contributed by atoms with Crippen molar-refractivity contribution in [3.05, 3.63) is 29.3 Å². The molecule has 0 atom stereocenters. The minimum Gasteiger partial charge on any atom is -0.507 e. The third-order valence-electron chi connectivity index (χ3n) is 3.53. The van der Waals surface area contributed by atoms with Gasteiger partial charge in [-0.1, -0.05) is 26.0 Å². The summed E-state index contributed by atoms with van der Waals surface area (Å²) >= 11 is 0. The molecule has 1 rings (SSSR count). The van der Waals surface area contributed by atoms with Gasteiger partial charge in [-0.25, -0.2) is 0 Å². The molecule has 0 aliphatic heterocycles. The van der Waals surface area contributed by atoms with E-state index >= 15 is 0 Å². The van der Waals surface area contributed by atoms with Crippen LogP contribution in [-0.2, 0) is 4.79 Å². The van der Waals surface area contributed by atoms with E-state index in [1.54, 1.807) is 32.0 Å². The summed E-state index contributed by atoms with van der Waals surface area (Å²) in [6.07, 6.45) is 2.23. The first-order chi connectivity index (χ1) is 9.73. The monoisotopic (exact) mass is 291 g/mol. The van der Waals surface area contributed by atoms with Crippen LogP contribution in [-0.4, -0.2) is 23.3 Å². The minimum atomic E-state index is -0.263. The quantitative estimate of drug-likeness (QED) is 0.758. The highest BCUT2D eigenvalue weighted by molar-refractivity contribution is 5.97. The summed E-state index contributed by atoms with van der Waals surface area (Å²) in [6, 6.07) is 5.12. The lowest BCUT2D eigenvalue weighted by atomic mass is 9.83. The zero-order valence-corrected chi connectivity index (χ0v) is 13.3. The number of amides is 1. The number of phenols is 1. The first kappa shape index (κ1) is 17.2. The number of carbonyl (C=O) groups excluding carboxylic acids is 2. The lowest BCUT2D eigenvalue weighted by molar-refractivity contribution is -0.118. The van der Waals surface area contributed by atoms with Gasteiger partial charge in [0, 0.05) is 13.0 Å². The van der Waals surface area contributed by atoms with Crippen molar-refractivity contribution in [1.82, 2.24) is 5.32 Å². The van der Waals surface area contributed by atoms with E-state index in [0.717, 1.165) is 12.8 Å². The van der Waals surface area contributed by atoms with Crippen molar-refractivity contribution in [2.75, 3.05) is 6.54 Å². The number of ketones is 1. The van der Waals surface area contributed by atoms with Crippen molar-refractivity contribution >= 4 is 11.7 Å². The van der Waals surface area contributed by atoms with Gasteiger partial charge in [0.15, 0.2) is 0 Å². The molecule has 116 valence electrons. The van der Waals surface area contributed by atoms with Crippen LogP contribution in [0, 0.1) is 12.3 Å². The third kappa shape index (κ3) is 5.58. The van der Waals surface area contributed by atoms with E-state index in [4.69, 9.17) is 0 Å². The standard InChI is InChI=1S/C17H25NO3/c1-12-7-5-8-14(15(12)20)16(21)18-10-6-9-17(3,4)11-13(2)19/h5,7-8,20H,6,9-11H2,1-4H3,(H,18,21). The Morgan fingerprint density at radius 3 is 2.57 bits per heavy atom. The Bertz CT molecular complexity index is 521. The molecule has 21 heavy (non-hydrogen) atoms. The van der Waals surface area contributed by atoms with Gasteiger partial charge in [-0.15, -0.1) is 0 Å². The number of hydrogen-bond acceptors (Lipinski definition) is 3. The number of para-hydroxylation sites is 1. The molecule has 1 aromatic carbocycles. The van der Waals surface area contributed by atoms with Crippen LogP contribution >= 0.6 is 0 Å². The summed E-state index contributed by atoms with van der Waals surface area (Å²) in [5.41, 5.74) is 0.949. The molecule has 0 aliphatic rings. The van der Waals surface area contributed by atoms with Gasteiger partial charge in [-0.3, -0.25) is 4.79 Å². The van der Waals surface area contributed by atoms with Crippen LogP contribution in [0.2, 0.25) is 0 Å². The molecule has 0 unspecified atom stereocenters. The van der Waals surface area contributed by atoms with Gasteiger partial charge in [0.25, 0.3) is 5.91 Å². The van der Waals surface area contributed by atoms with Gasteiger partial charge in [0.1, 0.15) is 11.5 Å². The van der Waals surface area contributed by atoms with Crippen molar-refractivity contribution in [3.63, 3.8) is 0 Å². The average Bonchev–Trinajstić information content (AvgIpc) is 2.36. The predicted octanol–water partition coefficient (Wildman–Crippen LogP) is 3.22. The fourth-order valence-electron chi connectivity index (χ4n) is 2.47. The van der Waals surface area contributed by atoms with Gasteiger partial charge in [0.05, 0.1) is 5.56 Å². The molecule has 0 saturated carbocycles. The topological polar surface area (TPSA) is 66.4 Å². The summed E-state index contributed by atoms with van der Waals surface area (Å²) < 4.78 is 0. The Kier molecular flexibility index (Phi) is 5.94. The Morgan fingerprint density at radius 2 is 1.95 bits per heavy atom. The minimum absolute atomic E-state index is 0.0342. The Morgan fingerprint density at radius 1 is 1.29 bits per heavy atom. The van der Waals surface area contributed by atoms with Gasteiger partial charge in [-0.2, -0.15) is 0 Å². The fraction of sp³-hybridized carbons (Fsp3) is 0.529. The summed E-state index contributed by atoms with van der Waals surface area (Å²) in [5.74, 6) is -0.0406. The molecule has 0 fully saturated rings. The Labute approximate surface area is 126 Å². The number of Topliss-reactive ketones (excluding diaryl/α,β-unsaturated/α-hetero) is 1. The van der Waals surface area contributed by atoms with Crippen LogP contribution in [0.15, 0.2) is 18.2 Å². The third-order valence-corrected chi connectivity index (χ3v) is 3.53. The van der Waals surface area contributed by atoms with Gasteiger partial charge >= 0.3 is 0 Å². The van der Waals surface area contributed by atoms with E-state index < -0.39 is 0 Å². The van der Waals surface area contributed by atoms with Crippen LogP contribution in [0.4, 0.5) is 0 Å². The lowest BCUT2D eigenvalue weighted by Crippen LogP contribution is -2.26. The number of rotatable bonds is 7. The van der Waals surface area contributed by atoms with E-state index in [0.29, 0.717) is 24.1 Å². The molecule has 0 saturated heterocycles. The molecule has 0 bridgehead atoms. The maximum absolute atomic E-state index is 12.0. The normalized spacial score (nSPS) is 11.2. The first-order valence-electron chi connectivity index (χ1n) is 7.29. The molecule has 4 heteroatoms. The highest BCUT2D eigenvalue weighted by atomic mass is 16.3. The van der Waals surface area contributed by atoms with Crippen LogP contribution in [0.25, 0.3) is 0 Å². The molecular formula is C17H25NO3. The Balaban J connectivity index is 2.44. The number of hydrogen-bond donors (Lipinski definition) is 2. The van der Waals surface area contributed by atoms with E-state index in [1.807, 2.05) is 0 Å². The number of carbonyl (C=O) groups is 2. The molecular weight excluding hydrogens is 266 g/mol. The van der Waals surface area contributed by atoms with Crippen molar-refractivity contribution in [3.8, 4) is 5.75 Å². The second kappa shape index (κ2) is 7.25. The second-order valence-electron chi connectivity index (χ2n) is 6.37. The highest BCUT2D eigenvalue weighted by Crippen LogP contribution is 2.26. The summed E-state index contributed by atoms with van der Waals surface area (Å²) in [5, 5.41) is 12.7. The Hall–Kier alpha value is -1.84. The molecule has 0 radical (unpaired) electrons. The number of aryl methyl sites for hydroxylation is 1. The zero-order valence-electron chi connectivity index (χ0n) is 13.3. The molecule has 0 heterocycles. The van der Waals surface area contributed by atoms with Crippen molar-refractivity contribution < 1.29 is 14.7 Å². The maximum Gasteiger partial charge on any atom is 0.255 e. The largest absolute Gasteiger partial charge is 0.507 e. The zero-order chi connectivity index (χ0) is 16.0. The van der Waals surface area contributed by atoms with Crippen molar-refractivity contribution in [1.29, 1.82) is 0 Å². The molecule has 4 nitrogen and oxygen atoms in total. The molecule has 1 aromatic rings. The fourth-order valence-corrected chi connectivity index (χ4v) is 2.47. The maximum atomic E-state index is 12.0. The second-order valence-corrected chi connectivity index (χ2v) is 6.37. The van der Waals surface area contributed by atoms with Crippen LogP contribution in [0.3, 0.4) is 0 Å². The van der Waals surface area contributed by atoms with E-state index in [2.05, 4.69) is 19.2 Å². The van der Waals surface area contributed by atoms with Gasteiger partial charge < -0.3 is 15.2 Å². The SMILES string of the molecule is CC(=O)CC(C)(C)CCCNC(=O)c1cccc(C)c1O. The van der Waals surface area contributed by atoms with E-state index in [1.165, 1.54) is 0 Å². The van der Waals surface area contributed by atoms with E-state index in [-0.39, 0.29) is 22.9 Å². The molecule has 0 aliphatic carbocycles. The lowest BCUT2D eigenvalue weighted by Gasteiger charge is -2.23. The molecule has 2 N–H and O–H groups in total. The summed E-state index contributed by atoms with van der Waals surface area (Å²) in [4.78, 5) is 23.2. The van der Waals surface area contributed by atoms with E-state index in [9.17, 15) is 14.7 Å². The van der Waals surface area contributed by atoms with Crippen LogP contribution in [0.5, 0.6) is 5.75 Å². The number of benzene rings is 1. The summed E-state index contributed by atoms with van der Waals surface area (Å²) in [6.45, 7) is 8.01. The predicted molar refractivity (Wildman–Crippen MR) is 83.5 cm³/mol. The first-order valence-corrected chi connectivity index (χ1v) is 7.29. The number of aromatic hydroxyl groups is 1. The van der Waals surface area contributed by atoms with Gasteiger partial charge in [0.2, 0.25) is 0 Å². The number of nitrogens with one attached hydrogen (secondary N) is 1. The molecule has 1 amide bonds. The van der Waals surface area contributed by atoms with Crippen molar-refractivity contribution in [2.45, 2.75) is 47.0 Å². The molecule has 0 aromatic heterocycles. The van der Waals surface area contributed by atoms with Gasteiger partial charge in [-0.05, 0) is 43.7 Å².